The van der Waals surface area contributed by atoms with Crippen molar-refractivity contribution in [3.05, 3.63) is 94.6 Å². The summed E-state index contributed by atoms with van der Waals surface area (Å²) < 4.78 is 24.2. The number of hydrogen-bond donors (Lipinski definition) is 2. The summed E-state index contributed by atoms with van der Waals surface area (Å²) in [6, 6.07) is 16.6. The largest absolute Gasteiger partial charge is 0.508 e. The Bertz CT molecular complexity index is 1310. The molecule has 0 saturated carbocycles. The van der Waals surface area contributed by atoms with Crippen LogP contribution >= 0.6 is 0 Å². The van der Waals surface area contributed by atoms with E-state index in [9.17, 15) is 19.1 Å². The van der Waals surface area contributed by atoms with Gasteiger partial charge in [-0.25, -0.2) is 4.39 Å². The zero-order valence-electron chi connectivity index (χ0n) is 17.2. The molecule has 6 nitrogen and oxygen atoms in total. The van der Waals surface area contributed by atoms with Crippen molar-refractivity contribution >= 4 is 16.9 Å². The van der Waals surface area contributed by atoms with Crippen molar-refractivity contribution in [2.45, 2.75) is 13.0 Å². The van der Waals surface area contributed by atoms with Gasteiger partial charge in [-0.3, -0.25) is 9.59 Å². The van der Waals surface area contributed by atoms with Crippen LogP contribution in [-0.2, 0) is 4.79 Å². The monoisotopic (exact) mass is 433 g/mol. The molecule has 0 unspecified atom stereocenters. The van der Waals surface area contributed by atoms with Gasteiger partial charge < -0.3 is 19.6 Å². The summed E-state index contributed by atoms with van der Waals surface area (Å²) in [5, 5.41) is 12.6. The number of rotatable bonds is 6. The molecule has 3 aromatic carbocycles. The van der Waals surface area contributed by atoms with E-state index in [0.29, 0.717) is 27.8 Å². The Morgan fingerprint density at radius 3 is 2.53 bits per heavy atom. The second-order valence-corrected chi connectivity index (χ2v) is 7.31. The third-order valence-electron chi connectivity index (χ3n) is 5.04. The highest BCUT2D eigenvalue weighted by atomic mass is 19.1. The molecule has 4 rings (SSSR count). The first-order chi connectivity index (χ1) is 15.4. The number of fused-ring (bicyclic) bond motifs is 1. The lowest BCUT2D eigenvalue weighted by atomic mass is 10.1. The molecule has 1 aromatic heterocycles. The number of nitrogens with one attached hydrogen (secondary N) is 1. The van der Waals surface area contributed by atoms with Crippen molar-refractivity contribution in [3.8, 4) is 22.6 Å². The molecular weight excluding hydrogens is 413 g/mol. The van der Waals surface area contributed by atoms with E-state index < -0.39 is 0 Å². The van der Waals surface area contributed by atoms with E-state index in [1.807, 2.05) is 0 Å². The molecular formula is C25H20FNO5. The number of phenolic OH excluding ortho intramolecular Hbond substituents is 1. The van der Waals surface area contributed by atoms with Gasteiger partial charge in [0.1, 0.15) is 29.2 Å². The molecule has 2 N–H and O–H groups in total. The van der Waals surface area contributed by atoms with Crippen LogP contribution in [0, 0.1) is 5.82 Å². The molecule has 0 aliphatic heterocycles. The van der Waals surface area contributed by atoms with Gasteiger partial charge in [-0.05, 0) is 54.4 Å². The molecule has 0 aliphatic rings. The van der Waals surface area contributed by atoms with Gasteiger partial charge in [0.25, 0.3) is 5.91 Å². The standard InChI is InChI=1S/C25H20FNO5/c1-15(16-2-6-18(26)7-3-16)27-24(29)14-31-20-10-11-21-23(12-20)32-13-22(25(21)30)17-4-8-19(28)9-5-17/h2-13,15,28H,14H2,1H3,(H,27,29)/t15-/m0/s1. The molecule has 32 heavy (non-hydrogen) atoms. The normalized spacial score (nSPS) is 11.8. The van der Waals surface area contributed by atoms with Crippen molar-refractivity contribution in [3.63, 3.8) is 0 Å². The molecule has 0 saturated heterocycles. The molecule has 162 valence electrons. The second kappa shape index (κ2) is 8.93. The van der Waals surface area contributed by atoms with Gasteiger partial charge in [0.05, 0.1) is 17.0 Å². The predicted octanol–water partition coefficient (Wildman–Crippen LogP) is 4.56. The number of carbonyl (C=O) groups excluding carboxylic acids is 1. The minimum Gasteiger partial charge on any atom is -0.508 e. The predicted molar refractivity (Wildman–Crippen MR) is 118 cm³/mol. The second-order valence-electron chi connectivity index (χ2n) is 7.31. The summed E-state index contributed by atoms with van der Waals surface area (Å²) >= 11 is 0. The molecule has 4 aromatic rings. The Balaban J connectivity index is 1.44. The van der Waals surface area contributed by atoms with Gasteiger partial charge in [-0.1, -0.05) is 24.3 Å². The van der Waals surface area contributed by atoms with Crippen LogP contribution in [0.5, 0.6) is 11.5 Å². The minimum atomic E-state index is -0.342. The third-order valence-corrected chi connectivity index (χ3v) is 5.04. The fourth-order valence-electron chi connectivity index (χ4n) is 3.31. The van der Waals surface area contributed by atoms with Crippen LogP contribution in [0.1, 0.15) is 18.5 Å². The van der Waals surface area contributed by atoms with E-state index in [0.717, 1.165) is 5.56 Å². The van der Waals surface area contributed by atoms with Crippen LogP contribution in [0.15, 0.2) is 82.2 Å². The molecule has 0 spiro atoms. The van der Waals surface area contributed by atoms with Gasteiger partial charge in [-0.2, -0.15) is 0 Å². The van der Waals surface area contributed by atoms with Crippen LogP contribution in [0.2, 0.25) is 0 Å². The number of halogens is 1. The first-order valence-electron chi connectivity index (χ1n) is 9.93. The van der Waals surface area contributed by atoms with Gasteiger partial charge in [-0.15, -0.1) is 0 Å². The highest BCUT2D eigenvalue weighted by Gasteiger charge is 2.13. The lowest BCUT2D eigenvalue weighted by Crippen LogP contribution is -2.31. The Kier molecular flexibility index (Phi) is 5.89. The minimum absolute atomic E-state index is 0.108. The van der Waals surface area contributed by atoms with E-state index in [2.05, 4.69) is 5.32 Å². The molecule has 7 heteroatoms. The molecule has 1 heterocycles. The van der Waals surface area contributed by atoms with Gasteiger partial charge >= 0.3 is 0 Å². The quantitative estimate of drug-likeness (QED) is 0.465. The molecule has 1 amide bonds. The average Bonchev–Trinajstić information content (AvgIpc) is 2.79. The third kappa shape index (κ3) is 4.62. The first-order valence-corrected chi connectivity index (χ1v) is 9.93. The van der Waals surface area contributed by atoms with E-state index in [4.69, 9.17) is 9.15 Å². The Labute approximate surface area is 182 Å². The van der Waals surface area contributed by atoms with E-state index >= 15 is 0 Å². The summed E-state index contributed by atoms with van der Waals surface area (Å²) in [6.45, 7) is 1.56. The average molecular weight is 433 g/mol. The lowest BCUT2D eigenvalue weighted by Gasteiger charge is -2.15. The maximum atomic E-state index is 13.0. The number of phenols is 1. The Morgan fingerprint density at radius 2 is 1.81 bits per heavy atom. The van der Waals surface area contributed by atoms with Crippen LogP contribution in [0.4, 0.5) is 4.39 Å². The number of carbonyl (C=O) groups is 1. The Morgan fingerprint density at radius 1 is 1.09 bits per heavy atom. The van der Waals surface area contributed by atoms with Gasteiger partial charge in [0.2, 0.25) is 0 Å². The van der Waals surface area contributed by atoms with Crippen LogP contribution < -0.4 is 15.5 Å². The maximum absolute atomic E-state index is 13.0. The lowest BCUT2D eigenvalue weighted by molar-refractivity contribution is -0.123. The zero-order chi connectivity index (χ0) is 22.7. The van der Waals surface area contributed by atoms with Crippen molar-refractivity contribution in [2.24, 2.45) is 0 Å². The van der Waals surface area contributed by atoms with Crippen LogP contribution in [0.25, 0.3) is 22.1 Å². The smallest absolute Gasteiger partial charge is 0.258 e. The molecule has 0 aliphatic carbocycles. The topological polar surface area (TPSA) is 88.8 Å². The summed E-state index contributed by atoms with van der Waals surface area (Å²) in [7, 11) is 0. The summed E-state index contributed by atoms with van der Waals surface area (Å²) in [5.41, 5.74) is 1.90. The number of aromatic hydroxyl groups is 1. The number of amides is 1. The summed E-state index contributed by atoms with van der Waals surface area (Å²) in [4.78, 5) is 25.0. The van der Waals surface area contributed by atoms with Gasteiger partial charge in [0.15, 0.2) is 12.0 Å². The SMILES string of the molecule is C[C@H](NC(=O)COc1ccc2c(=O)c(-c3ccc(O)cc3)coc2c1)c1ccc(F)cc1. The summed E-state index contributed by atoms with van der Waals surface area (Å²) in [6.07, 6.45) is 1.36. The van der Waals surface area contributed by atoms with E-state index in [-0.39, 0.29) is 35.6 Å². The first kappa shape index (κ1) is 21.1. The van der Waals surface area contributed by atoms with E-state index in [1.165, 1.54) is 30.5 Å². The van der Waals surface area contributed by atoms with Crippen LogP contribution in [-0.4, -0.2) is 17.6 Å². The number of benzene rings is 3. The van der Waals surface area contributed by atoms with Gasteiger partial charge in [0, 0.05) is 6.07 Å². The van der Waals surface area contributed by atoms with Crippen LogP contribution in [0.3, 0.4) is 0 Å². The number of ether oxygens (including phenoxy) is 1. The Hall–Kier alpha value is -4.13. The van der Waals surface area contributed by atoms with Crippen molar-refractivity contribution in [1.29, 1.82) is 0 Å². The van der Waals surface area contributed by atoms with Crippen molar-refractivity contribution in [2.75, 3.05) is 6.61 Å². The molecule has 0 bridgehead atoms. The van der Waals surface area contributed by atoms with E-state index in [1.54, 1.807) is 49.4 Å². The van der Waals surface area contributed by atoms with Crippen molar-refractivity contribution < 1.29 is 23.4 Å². The molecule has 0 radical (unpaired) electrons. The molecule has 0 fully saturated rings. The zero-order valence-corrected chi connectivity index (χ0v) is 17.2. The fourth-order valence-corrected chi connectivity index (χ4v) is 3.31. The highest BCUT2D eigenvalue weighted by Crippen LogP contribution is 2.24. The fraction of sp³-hybridized carbons (Fsp3) is 0.120. The van der Waals surface area contributed by atoms with Crippen molar-refractivity contribution in [1.82, 2.24) is 5.32 Å². The molecule has 1 atom stereocenters. The maximum Gasteiger partial charge on any atom is 0.258 e. The highest BCUT2D eigenvalue weighted by molar-refractivity contribution is 5.83. The summed E-state index contributed by atoms with van der Waals surface area (Å²) in [5.74, 6) is -0.195. The number of hydrogen-bond acceptors (Lipinski definition) is 5.